The lowest BCUT2D eigenvalue weighted by molar-refractivity contribution is -0.140. The van der Waals surface area contributed by atoms with Crippen LogP contribution < -0.4 is 10.6 Å². The van der Waals surface area contributed by atoms with E-state index in [1.807, 2.05) is 11.4 Å². The van der Waals surface area contributed by atoms with E-state index in [0.717, 1.165) is 0 Å². The molecule has 0 aliphatic heterocycles. The van der Waals surface area contributed by atoms with Crippen LogP contribution in [0.2, 0.25) is 5.02 Å². The molecule has 0 heterocycles. The van der Waals surface area contributed by atoms with Crippen LogP contribution in [0.5, 0.6) is 0 Å². The highest BCUT2D eigenvalue weighted by Gasteiger charge is 2.19. The van der Waals surface area contributed by atoms with E-state index in [0.29, 0.717) is 0 Å². The predicted octanol–water partition coefficient (Wildman–Crippen LogP) is 0.779. The molecule has 0 radical (unpaired) electrons. The van der Waals surface area contributed by atoms with E-state index in [2.05, 4.69) is 5.32 Å². The predicted molar refractivity (Wildman–Crippen MR) is 66.8 cm³/mol. The zero-order valence-electron chi connectivity index (χ0n) is 9.55. The molecule has 100 valence electrons. The van der Waals surface area contributed by atoms with Crippen LogP contribution in [0.3, 0.4) is 0 Å². The summed E-state index contributed by atoms with van der Waals surface area (Å²) in [6.45, 7) is -0.741. The number of aliphatic carboxylic acids is 1. The maximum Gasteiger partial charge on any atom is 0.328 e. The standard InChI is InChI=1S/C11H10ClN3O4/c12-7-2-1-6(4-13)3-8(7)14-11(19)15-9(5-16)10(17)18/h1-3,9,16H,5H2,(H,17,18)(H2,14,15,19)/t9-/m1/s1. The molecule has 1 aromatic carbocycles. The summed E-state index contributed by atoms with van der Waals surface area (Å²) in [4.78, 5) is 22.1. The van der Waals surface area contributed by atoms with Crippen molar-refractivity contribution in [3.05, 3.63) is 28.8 Å². The number of carboxylic acid groups (broad SMARTS) is 1. The number of benzene rings is 1. The summed E-state index contributed by atoms with van der Waals surface area (Å²) in [5.74, 6) is -1.37. The summed E-state index contributed by atoms with van der Waals surface area (Å²) in [5.41, 5.74) is 0.455. The summed E-state index contributed by atoms with van der Waals surface area (Å²) >= 11 is 5.81. The minimum absolute atomic E-state index is 0.167. The first-order valence-corrected chi connectivity index (χ1v) is 5.46. The van der Waals surface area contributed by atoms with Gasteiger partial charge < -0.3 is 20.8 Å². The van der Waals surface area contributed by atoms with Crippen LogP contribution in [-0.2, 0) is 4.79 Å². The number of carbonyl (C=O) groups excluding carboxylic acids is 1. The van der Waals surface area contributed by atoms with E-state index in [-0.39, 0.29) is 16.3 Å². The molecule has 7 nitrogen and oxygen atoms in total. The fourth-order valence-electron chi connectivity index (χ4n) is 1.19. The normalized spacial score (nSPS) is 11.2. The van der Waals surface area contributed by atoms with E-state index in [1.54, 1.807) is 0 Å². The van der Waals surface area contributed by atoms with Crippen molar-refractivity contribution in [2.75, 3.05) is 11.9 Å². The molecule has 0 aliphatic carbocycles. The Balaban J connectivity index is 2.77. The van der Waals surface area contributed by atoms with Crippen LogP contribution in [0.1, 0.15) is 5.56 Å². The molecule has 1 rings (SSSR count). The number of carboxylic acids is 1. The second-order valence-electron chi connectivity index (χ2n) is 3.48. The van der Waals surface area contributed by atoms with Gasteiger partial charge in [-0.05, 0) is 18.2 Å². The number of urea groups is 1. The summed E-state index contributed by atoms with van der Waals surface area (Å²) in [7, 11) is 0. The van der Waals surface area contributed by atoms with Gasteiger partial charge in [-0.3, -0.25) is 0 Å². The van der Waals surface area contributed by atoms with Gasteiger partial charge >= 0.3 is 12.0 Å². The number of aliphatic hydroxyl groups excluding tert-OH is 1. The maximum absolute atomic E-state index is 11.5. The molecular weight excluding hydrogens is 274 g/mol. The smallest absolute Gasteiger partial charge is 0.328 e. The second kappa shape index (κ2) is 6.58. The summed E-state index contributed by atoms with van der Waals surface area (Å²) in [6.07, 6.45) is 0. The average molecular weight is 284 g/mol. The highest BCUT2D eigenvalue weighted by Crippen LogP contribution is 2.22. The Bertz CT molecular complexity index is 541. The largest absolute Gasteiger partial charge is 0.480 e. The first-order valence-electron chi connectivity index (χ1n) is 5.08. The molecule has 0 fully saturated rings. The molecule has 0 aromatic heterocycles. The Kier molecular flexibility index (Phi) is 5.11. The van der Waals surface area contributed by atoms with Crippen molar-refractivity contribution in [2.24, 2.45) is 0 Å². The third kappa shape index (κ3) is 4.13. The molecule has 8 heteroatoms. The summed E-state index contributed by atoms with van der Waals surface area (Å²) in [6, 6.07) is 3.85. The Morgan fingerprint density at radius 3 is 2.68 bits per heavy atom. The first kappa shape index (κ1) is 14.8. The molecule has 0 aliphatic rings. The molecule has 0 unspecified atom stereocenters. The molecular formula is C11H10ClN3O4. The van der Waals surface area contributed by atoms with Crippen molar-refractivity contribution in [3.8, 4) is 6.07 Å². The highest BCUT2D eigenvalue weighted by molar-refractivity contribution is 6.33. The number of nitrogens with zero attached hydrogens (tertiary/aromatic N) is 1. The third-order valence-corrected chi connectivity index (χ3v) is 2.46. The Morgan fingerprint density at radius 2 is 2.16 bits per heavy atom. The fourth-order valence-corrected chi connectivity index (χ4v) is 1.36. The Hall–Kier alpha value is -2.30. The SMILES string of the molecule is N#Cc1ccc(Cl)c(NC(=O)N[C@H](CO)C(=O)O)c1. The van der Waals surface area contributed by atoms with Gasteiger partial charge in [0.05, 0.1) is 28.9 Å². The lowest BCUT2D eigenvalue weighted by atomic mass is 10.2. The van der Waals surface area contributed by atoms with E-state index in [4.69, 9.17) is 27.1 Å². The Labute approximate surface area is 113 Å². The van der Waals surface area contributed by atoms with Gasteiger partial charge in [-0.2, -0.15) is 5.26 Å². The zero-order chi connectivity index (χ0) is 14.4. The molecule has 0 bridgehead atoms. The number of anilines is 1. The number of hydrogen-bond donors (Lipinski definition) is 4. The molecule has 0 saturated carbocycles. The number of nitrogens with one attached hydrogen (secondary N) is 2. The number of rotatable bonds is 4. The molecule has 0 saturated heterocycles. The quantitative estimate of drug-likeness (QED) is 0.650. The average Bonchev–Trinajstić information content (AvgIpc) is 2.38. The summed E-state index contributed by atoms with van der Waals surface area (Å²) < 4.78 is 0. The van der Waals surface area contributed by atoms with Gasteiger partial charge in [-0.25, -0.2) is 9.59 Å². The topological polar surface area (TPSA) is 122 Å². The maximum atomic E-state index is 11.5. The van der Waals surface area contributed by atoms with Gasteiger partial charge in [0, 0.05) is 0 Å². The van der Waals surface area contributed by atoms with Crippen molar-refractivity contribution in [1.29, 1.82) is 5.26 Å². The number of nitriles is 1. The third-order valence-electron chi connectivity index (χ3n) is 2.13. The summed E-state index contributed by atoms with van der Waals surface area (Å²) in [5, 5.41) is 30.7. The fraction of sp³-hybridized carbons (Fsp3) is 0.182. The number of aliphatic hydroxyl groups is 1. The van der Waals surface area contributed by atoms with Gasteiger partial charge in [0.15, 0.2) is 6.04 Å². The van der Waals surface area contributed by atoms with Gasteiger partial charge in [0.2, 0.25) is 0 Å². The molecule has 0 spiro atoms. The lowest BCUT2D eigenvalue weighted by Crippen LogP contribution is -2.45. The van der Waals surface area contributed by atoms with Crippen LogP contribution in [0.15, 0.2) is 18.2 Å². The zero-order valence-corrected chi connectivity index (χ0v) is 10.3. The van der Waals surface area contributed by atoms with Gasteiger partial charge in [-0.15, -0.1) is 0 Å². The minimum atomic E-state index is -1.42. The van der Waals surface area contributed by atoms with Crippen molar-refractivity contribution in [3.63, 3.8) is 0 Å². The monoisotopic (exact) mass is 283 g/mol. The number of halogens is 1. The van der Waals surface area contributed by atoms with E-state index >= 15 is 0 Å². The molecule has 19 heavy (non-hydrogen) atoms. The number of amides is 2. The number of hydrogen-bond acceptors (Lipinski definition) is 4. The van der Waals surface area contributed by atoms with Crippen LogP contribution >= 0.6 is 11.6 Å². The highest BCUT2D eigenvalue weighted by atomic mass is 35.5. The van der Waals surface area contributed by atoms with Gasteiger partial charge in [-0.1, -0.05) is 11.6 Å². The Morgan fingerprint density at radius 1 is 1.47 bits per heavy atom. The van der Waals surface area contributed by atoms with Gasteiger partial charge in [0.25, 0.3) is 0 Å². The van der Waals surface area contributed by atoms with Crippen molar-refractivity contribution in [1.82, 2.24) is 5.32 Å². The second-order valence-corrected chi connectivity index (χ2v) is 3.89. The number of carbonyl (C=O) groups is 2. The van der Waals surface area contributed by atoms with Crippen LogP contribution in [0.25, 0.3) is 0 Å². The van der Waals surface area contributed by atoms with Crippen LogP contribution in [0.4, 0.5) is 10.5 Å². The van der Waals surface area contributed by atoms with E-state index < -0.39 is 24.6 Å². The molecule has 2 amide bonds. The van der Waals surface area contributed by atoms with E-state index in [1.165, 1.54) is 18.2 Å². The van der Waals surface area contributed by atoms with Crippen LogP contribution in [0, 0.1) is 11.3 Å². The van der Waals surface area contributed by atoms with Gasteiger partial charge in [0.1, 0.15) is 0 Å². The molecule has 1 aromatic rings. The molecule has 1 atom stereocenters. The minimum Gasteiger partial charge on any atom is -0.480 e. The van der Waals surface area contributed by atoms with Crippen molar-refractivity contribution < 1.29 is 19.8 Å². The lowest BCUT2D eigenvalue weighted by Gasteiger charge is -2.13. The first-order chi connectivity index (χ1) is 8.97. The molecule has 4 N–H and O–H groups in total. The van der Waals surface area contributed by atoms with Crippen LogP contribution in [-0.4, -0.2) is 34.9 Å². The van der Waals surface area contributed by atoms with E-state index in [9.17, 15) is 9.59 Å². The van der Waals surface area contributed by atoms with Crippen molar-refractivity contribution in [2.45, 2.75) is 6.04 Å². The van der Waals surface area contributed by atoms with Crippen molar-refractivity contribution >= 4 is 29.3 Å².